The van der Waals surface area contributed by atoms with Gasteiger partial charge in [0.05, 0.1) is 16.1 Å². The van der Waals surface area contributed by atoms with Crippen molar-refractivity contribution in [1.82, 2.24) is 4.98 Å². The molecule has 0 saturated carbocycles. The Labute approximate surface area is 127 Å². The molecule has 1 nitrogen and oxygen atoms in total. The van der Waals surface area contributed by atoms with Crippen molar-refractivity contribution in [3.63, 3.8) is 0 Å². The molecule has 5 rings (SSSR count). The number of hydrogen-bond acceptors (Lipinski definition) is 1. The first-order chi connectivity index (χ1) is 10.3. The van der Waals surface area contributed by atoms with Gasteiger partial charge < -0.3 is 0 Å². The molecule has 0 amide bonds. The van der Waals surface area contributed by atoms with Gasteiger partial charge in [-0.25, -0.2) is 4.98 Å². The van der Waals surface area contributed by atoms with E-state index < -0.39 is 0 Å². The van der Waals surface area contributed by atoms with Gasteiger partial charge in [-0.15, -0.1) is 0 Å². The lowest BCUT2D eigenvalue weighted by atomic mass is 10.00. The van der Waals surface area contributed by atoms with Crippen LogP contribution in [0.1, 0.15) is 11.1 Å². The maximum atomic E-state index is 6.68. The number of halogens is 1. The second-order valence-corrected chi connectivity index (χ2v) is 6.09. The molecule has 0 spiro atoms. The van der Waals surface area contributed by atoms with Gasteiger partial charge in [-0.05, 0) is 41.5 Å². The zero-order valence-corrected chi connectivity index (χ0v) is 12.1. The lowest BCUT2D eigenvalue weighted by Gasteiger charge is -2.10. The van der Waals surface area contributed by atoms with E-state index in [2.05, 4.69) is 24.3 Å². The van der Waals surface area contributed by atoms with Crippen LogP contribution in [0.2, 0.25) is 5.02 Å². The smallest absolute Gasteiger partial charge is 0.0803 e. The molecule has 100 valence electrons. The normalized spacial score (nSPS) is 13.6. The molecule has 0 atom stereocenters. The van der Waals surface area contributed by atoms with Crippen LogP contribution < -0.4 is 0 Å². The van der Waals surface area contributed by atoms with Crippen molar-refractivity contribution in [2.45, 2.75) is 12.8 Å². The number of pyridine rings is 1. The minimum atomic E-state index is 0.825. The third-order valence-corrected chi connectivity index (χ3v) is 4.98. The van der Waals surface area contributed by atoms with E-state index in [4.69, 9.17) is 16.6 Å². The van der Waals surface area contributed by atoms with Crippen LogP contribution >= 0.6 is 11.6 Å². The molecule has 21 heavy (non-hydrogen) atoms. The Balaban J connectivity index is 2.11. The van der Waals surface area contributed by atoms with Crippen molar-refractivity contribution in [2.24, 2.45) is 0 Å². The van der Waals surface area contributed by atoms with Crippen LogP contribution in [0, 0.1) is 0 Å². The van der Waals surface area contributed by atoms with Crippen molar-refractivity contribution >= 4 is 44.2 Å². The van der Waals surface area contributed by atoms with Gasteiger partial charge in [-0.1, -0.05) is 48.0 Å². The van der Waals surface area contributed by atoms with Crippen LogP contribution in [0.5, 0.6) is 0 Å². The summed E-state index contributed by atoms with van der Waals surface area (Å²) in [6.45, 7) is 0. The van der Waals surface area contributed by atoms with E-state index in [-0.39, 0.29) is 0 Å². The number of fused-ring (bicyclic) bond motifs is 3. The molecule has 1 aliphatic carbocycles. The minimum Gasteiger partial charge on any atom is -0.247 e. The number of aromatic nitrogens is 1. The van der Waals surface area contributed by atoms with Crippen molar-refractivity contribution < 1.29 is 0 Å². The first-order valence-electron chi connectivity index (χ1n) is 7.24. The number of rotatable bonds is 0. The van der Waals surface area contributed by atoms with Gasteiger partial charge in [0.1, 0.15) is 0 Å². The molecule has 0 N–H and O–H groups in total. The third-order valence-electron chi connectivity index (χ3n) is 4.57. The van der Waals surface area contributed by atoms with E-state index in [0.29, 0.717) is 0 Å². The number of benzene rings is 3. The SMILES string of the molecule is Clc1c2ccccc2nc2c1cc1c3c(cccc32)CC1. The Hall–Kier alpha value is -2.12. The molecule has 0 bridgehead atoms. The molecule has 0 unspecified atom stereocenters. The summed E-state index contributed by atoms with van der Waals surface area (Å²) in [4.78, 5) is 4.89. The van der Waals surface area contributed by atoms with E-state index in [1.807, 2.05) is 24.3 Å². The lowest BCUT2D eigenvalue weighted by molar-refractivity contribution is 1.03. The summed E-state index contributed by atoms with van der Waals surface area (Å²) in [7, 11) is 0. The van der Waals surface area contributed by atoms with E-state index in [1.165, 1.54) is 21.9 Å². The predicted molar refractivity (Wildman–Crippen MR) is 89.2 cm³/mol. The van der Waals surface area contributed by atoms with Gasteiger partial charge in [0.2, 0.25) is 0 Å². The second kappa shape index (κ2) is 3.96. The Bertz CT molecular complexity index is 1050. The largest absolute Gasteiger partial charge is 0.247 e. The summed E-state index contributed by atoms with van der Waals surface area (Å²) in [5.74, 6) is 0. The number of hydrogen-bond donors (Lipinski definition) is 0. The molecule has 4 aromatic rings. The maximum absolute atomic E-state index is 6.68. The summed E-state index contributed by atoms with van der Waals surface area (Å²) in [6.07, 6.45) is 2.23. The highest BCUT2D eigenvalue weighted by molar-refractivity contribution is 6.41. The van der Waals surface area contributed by atoms with Gasteiger partial charge in [0, 0.05) is 16.2 Å². The molecule has 3 aromatic carbocycles. The molecule has 2 heteroatoms. The van der Waals surface area contributed by atoms with Gasteiger partial charge >= 0.3 is 0 Å². The summed E-state index contributed by atoms with van der Waals surface area (Å²) in [5, 5.41) is 5.57. The van der Waals surface area contributed by atoms with Crippen LogP contribution in [-0.2, 0) is 12.8 Å². The van der Waals surface area contributed by atoms with Crippen LogP contribution in [-0.4, -0.2) is 4.98 Å². The number of aryl methyl sites for hydroxylation is 2. The van der Waals surface area contributed by atoms with Crippen LogP contribution in [0.4, 0.5) is 0 Å². The average molecular weight is 290 g/mol. The fraction of sp³-hybridized carbons (Fsp3) is 0.105. The monoisotopic (exact) mass is 289 g/mol. The summed E-state index contributed by atoms with van der Waals surface area (Å²) < 4.78 is 0. The number of nitrogens with zero attached hydrogens (tertiary/aromatic N) is 1. The highest BCUT2D eigenvalue weighted by Crippen LogP contribution is 2.39. The average Bonchev–Trinajstić information content (AvgIpc) is 2.94. The highest BCUT2D eigenvalue weighted by Gasteiger charge is 2.18. The molecular formula is C19H12ClN. The second-order valence-electron chi connectivity index (χ2n) is 5.71. The van der Waals surface area contributed by atoms with E-state index in [0.717, 1.165) is 39.7 Å². The molecule has 0 radical (unpaired) electrons. The molecule has 0 saturated heterocycles. The van der Waals surface area contributed by atoms with Gasteiger partial charge in [0.25, 0.3) is 0 Å². The van der Waals surface area contributed by atoms with Gasteiger partial charge in [-0.2, -0.15) is 0 Å². The van der Waals surface area contributed by atoms with E-state index in [9.17, 15) is 0 Å². The predicted octanol–water partition coefficient (Wildman–Crippen LogP) is 5.29. The standard InChI is InChI=1S/C19H12ClN/c20-18-13-5-1-2-7-16(13)21-19-14-6-3-4-11-8-9-12(17(11)14)10-15(18)19/h1-7,10H,8-9H2. The fourth-order valence-electron chi connectivity index (χ4n) is 3.62. The zero-order valence-electron chi connectivity index (χ0n) is 11.4. The molecule has 0 fully saturated rings. The molecule has 1 heterocycles. The van der Waals surface area contributed by atoms with Crippen LogP contribution in [0.3, 0.4) is 0 Å². The first kappa shape index (κ1) is 11.5. The first-order valence-corrected chi connectivity index (χ1v) is 7.62. The van der Waals surface area contributed by atoms with Crippen molar-refractivity contribution in [2.75, 3.05) is 0 Å². The number of para-hydroxylation sites is 1. The topological polar surface area (TPSA) is 12.9 Å². The van der Waals surface area contributed by atoms with Gasteiger partial charge in [-0.3, -0.25) is 0 Å². The Kier molecular flexibility index (Phi) is 2.17. The summed E-state index contributed by atoms with van der Waals surface area (Å²) in [5.41, 5.74) is 4.84. The zero-order chi connectivity index (χ0) is 14.0. The van der Waals surface area contributed by atoms with E-state index in [1.54, 1.807) is 0 Å². The third kappa shape index (κ3) is 1.44. The Morgan fingerprint density at radius 1 is 0.810 bits per heavy atom. The summed E-state index contributed by atoms with van der Waals surface area (Å²) in [6, 6.07) is 16.9. The van der Waals surface area contributed by atoms with Crippen molar-refractivity contribution in [1.29, 1.82) is 0 Å². The van der Waals surface area contributed by atoms with Crippen molar-refractivity contribution in [3.05, 3.63) is 64.7 Å². The maximum Gasteiger partial charge on any atom is 0.0803 e. The van der Waals surface area contributed by atoms with E-state index >= 15 is 0 Å². The Morgan fingerprint density at radius 3 is 2.57 bits per heavy atom. The van der Waals surface area contributed by atoms with Crippen LogP contribution in [0.25, 0.3) is 32.6 Å². The minimum absolute atomic E-state index is 0.825. The van der Waals surface area contributed by atoms with Crippen molar-refractivity contribution in [3.8, 4) is 0 Å². The Morgan fingerprint density at radius 2 is 1.62 bits per heavy atom. The lowest BCUT2D eigenvalue weighted by Crippen LogP contribution is -1.89. The summed E-state index contributed by atoms with van der Waals surface area (Å²) >= 11 is 6.68. The quantitative estimate of drug-likeness (QED) is 0.316. The molecule has 1 aromatic heterocycles. The molecule has 0 aliphatic heterocycles. The molecular weight excluding hydrogens is 278 g/mol. The fourth-order valence-corrected chi connectivity index (χ4v) is 3.93. The van der Waals surface area contributed by atoms with Crippen LogP contribution in [0.15, 0.2) is 48.5 Å². The highest BCUT2D eigenvalue weighted by atomic mass is 35.5. The molecule has 1 aliphatic rings. The van der Waals surface area contributed by atoms with Gasteiger partial charge in [0.15, 0.2) is 0 Å².